The molecule has 96 valence electrons. The van der Waals surface area contributed by atoms with Crippen molar-refractivity contribution in [2.75, 3.05) is 0 Å². The Balaban J connectivity index is 2.25. The molecule has 0 spiro atoms. The standard InChI is InChI=1S/C13H17ClN4/c1-9-11(8-18(2)17-9)13(16-15)7-10-5-3-4-6-12(10)14/h3-6,8,13,16H,7,15H2,1-2H3. The third-order valence-corrected chi connectivity index (χ3v) is 3.38. The quantitative estimate of drug-likeness (QED) is 0.657. The average molecular weight is 265 g/mol. The van der Waals surface area contributed by atoms with E-state index in [-0.39, 0.29) is 6.04 Å². The van der Waals surface area contributed by atoms with Crippen LogP contribution in [0.1, 0.15) is 22.9 Å². The normalized spacial score (nSPS) is 12.7. The summed E-state index contributed by atoms with van der Waals surface area (Å²) in [5.74, 6) is 5.65. The maximum atomic E-state index is 6.17. The summed E-state index contributed by atoms with van der Waals surface area (Å²) in [6, 6.07) is 7.81. The molecular weight excluding hydrogens is 248 g/mol. The molecule has 2 rings (SSSR count). The van der Waals surface area contributed by atoms with Crippen LogP contribution in [0.25, 0.3) is 0 Å². The minimum atomic E-state index is 0.0126. The molecule has 2 aromatic rings. The van der Waals surface area contributed by atoms with Gasteiger partial charge in [0.25, 0.3) is 0 Å². The molecule has 18 heavy (non-hydrogen) atoms. The summed E-state index contributed by atoms with van der Waals surface area (Å²) < 4.78 is 1.79. The van der Waals surface area contributed by atoms with Crippen molar-refractivity contribution in [2.24, 2.45) is 12.9 Å². The van der Waals surface area contributed by atoms with E-state index >= 15 is 0 Å². The van der Waals surface area contributed by atoms with Gasteiger partial charge in [-0.1, -0.05) is 29.8 Å². The highest BCUT2D eigenvalue weighted by Crippen LogP contribution is 2.24. The summed E-state index contributed by atoms with van der Waals surface area (Å²) >= 11 is 6.17. The Labute approximate surface area is 112 Å². The van der Waals surface area contributed by atoms with E-state index in [1.807, 2.05) is 44.4 Å². The summed E-state index contributed by atoms with van der Waals surface area (Å²) in [7, 11) is 1.90. The van der Waals surface area contributed by atoms with Gasteiger partial charge < -0.3 is 0 Å². The molecule has 0 radical (unpaired) electrons. The largest absolute Gasteiger partial charge is 0.275 e. The van der Waals surface area contributed by atoms with Crippen molar-refractivity contribution in [3.63, 3.8) is 0 Å². The van der Waals surface area contributed by atoms with Gasteiger partial charge in [-0.15, -0.1) is 0 Å². The Morgan fingerprint density at radius 1 is 1.44 bits per heavy atom. The topological polar surface area (TPSA) is 55.9 Å². The fraction of sp³-hybridized carbons (Fsp3) is 0.308. The monoisotopic (exact) mass is 264 g/mol. The van der Waals surface area contributed by atoms with Crippen molar-refractivity contribution in [1.29, 1.82) is 0 Å². The van der Waals surface area contributed by atoms with Crippen LogP contribution in [0.15, 0.2) is 30.5 Å². The lowest BCUT2D eigenvalue weighted by molar-refractivity contribution is 0.549. The maximum Gasteiger partial charge on any atom is 0.0642 e. The predicted molar refractivity (Wildman–Crippen MR) is 73.2 cm³/mol. The van der Waals surface area contributed by atoms with Crippen LogP contribution in [-0.2, 0) is 13.5 Å². The van der Waals surface area contributed by atoms with Crippen molar-refractivity contribution < 1.29 is 0 Å². The van der Waals surface area contributed by atoms with Crippen LogP contribution in [0.4, 0.5) is 0 Å². The molecule has 0 aliphatic rings. The van der Waals surface area contributed by atoms with Crippen molar-refractivity contribution in [2.45, 2.75) is 19.4 Å². The Morgan fingerprint density at radius 3 is 2.72 bits per heavy atom. The molecule has 0 fully saturated rings. The molecule has 0 aliphatic carbocycles. The van der Waals surface area contributed by atoms with Crippen molar-refractivity contribution in [3.05, 3.63) is 52.3 Å². The van der Waals surface area contributed by atoms with Gasteiger partial charge in [0, 0.05) is 23.8 Å². The Bertz CT molecular complexity index is 536. The summed E-state index contributed by atoms with van der Waals surface area (Å²) in [5.41, 5.74) is 5.99. The number of nitrogens with zero attached hydrogens (tertiary/aromatic N) is 2. The van der Waals surface area contributed by atoms with Gasteiger partial charge in [-0.05, 0) is 25.0 Å². The van der Waals surface area contributed by atoms with Gasteiger partial charge >= 0.3 is 0 Å². The Morgan fingerprint density at radius 2 is 2.17 bits per heavy atom. The minimum absolute atomic E-state index is 0.0126. The molecule has 1 unspecified atom stereocenters. The lowest BCUT2D eigenvalue weighted by atomic mass is 10.00. The SMILES string of the molecule is Cc1nn(C)cc1C(Cc1ccccc1Cl)NN. The van der Waals surface area contributed by atoms with E-state index in [4.69, 9.17) is 17.4 Å². The van der Waals surface area contributed by atoms with Gasteiger partial charge in [0.1, 0.15) is 0 Å². The van der Waals surface area contributed by atoms with Crippen LogP contribution in [-0.4, -0.2) is 9.78 Å². The minimum Gasteiger partial charge on any atom is -0.275 e. The Kier molecular flexibility index (Phi) is 4.01. The third-order valence-electron chi connectivity index (χ3n) is 3.01. The number of hydrogen-bond donors (Lipinski definition) is 2. The number of aryl methyl sites for hydroxylation is 2. The van der Waals surface area contributed by atoms with Crippen molar-refractivity contribution >= 4 is 11.6 Å². The second kappa shape index (κ2) is 5.52. The van der Waals surface area contributed by atoms with Gasteiger partial charge in [-0.25, -0.2) is 0 Å². The summed E-state index contributed by atoms with van der Waals surface area (Å²) in [6.07, 6.45) is 2.72. The van der Waals surface area contributed by atoms with Gasteiger partial charge in [-0.2, -0.15) is 5.10 Å². The molecule has 1 aromatic heterocycles. The van der Waals surface area contributed by atoms with E-state index in [9.17, 15) is 0 Å². The zero-order valence-corrected chi connectivity index (χ0v) is 11.3. The van der Waals surface area contributed by atoms with Crippen LogP contribution >= 0.6 is 11.6 Å². The molecule has 1 aromatic carbocycles. The number of hydrogen-bond acceptors (Lipinski definition) is 3. The number of aromatic nitrogens is 2. The summed E-state index contributed by atoms with van der Waals surface area (Å²) in [5, 5.41) is 5.10. The zero-order chi connectivity index (χ0) is 13.1. The second-order valence-corrected chi connectivity index (χ2v) is 4.77. The van der Waals surface area contributed by atoms with E-state index < -0.39 is 0 Å². The molecule has 1 atom stereocenters. The fourth-order valence-corrected chi connectivity index (χ4v) is 2.32. The molecule has 0 bridgehead atoms. The van der Waals surface area contributed by atoms with Crippen molar-refractivity contribution in [3.8, 4) is 0 Å². The molecular formula is C13H17ClN4. The van der Waals surface area contributed by atoms with Crippen molar-refractivity contribution in [1.82, 2.24) is 15.2 Å². The van der Waals surface area contributed by atoms with Crippen LogP contribution < -0.4 is 11.3 Å². The van der Waals surface area contributed by atoms with E-state index in [2.05, 4.69) is 10.5 Å². The molecule has 4 nitrogen and oxygen atoms in total. The summed E-state index contributed by atoms with van der Waals surface area (Å²) in [4.78, 5) is 0. The lowest BCUT2D eigenvalue weighted by Gasteiger charge is -2.16. The zero-order valence-electron chi connectivity index (χ0n) is 10.5. The van der Waals surface area contributed by atoms with Gasteiger partial charge in [0.05, 0.1) is 11.7 Å². The fourth-order valence-electron chi connectivity index (χ4n) is 2.10. The van der Waals surface area contributed by atoms with E-state index in [1.165, 1.54) is 0 Å². The molecule has 0 saturated carbocycles. The highest BCUT2D eigenvalue weighted by atomic mass is 35.5. The Hall–Kier alpha value is -1.36. The molecule has 3 N–H and O–H groups in total. The number of nitrogens with one attached hydrogen (secondary N) is 1. The van der Waals surface area contributed by atoms with E-state index in [0.29, 0.717) is 0 Å². The third kappa shape index (κ3) is 2.72. The first-order valence-corrected chi connectivity index (χ1v) is 6.19. The van der Waals surface area contributed by atoms with Gasteiger partial charge in [0.2, 0.25) is 0 Å². The first-order chi connectivity index (χ1) is 8.61. The molecule has 0 amide bonds. The lowest BCUT2D eigenvalue weighted by Crippen LogP contribution is -2.29. The van der Waals surface area contributed by atoms with E-state index in [0.717, 1.165) is 28.3 Å². The van der Waals surface area contributed by atoms with Crippen LogP contribution in [0.3, 0.4) is 0 Å². The molecule has 5 heteroatoms. The number of benzene rings is 1. The first kappa shape index (κ1) is 13.1. The maximum absolute atomic E-state index is 6.17. The average Bonchev–Trinajstić information content (AvgIpc) is 2.67. The number of halogens is 1. The highest BCUT2D eigenvalue weighted by molar-refractivity contribution is 6.31. The number of nitrogens with two attached hydrogens (primary N) is 1. The van der Waals surface area contributed by atoms with Gasteiger partial charge in [-0.3, -0.25) is 16.0 Å². The van der Waals surface area contributed by atoms with Crippen LogP contribution in [0, 0.1) is 6.92 Å². The van der Waals surface area contributed by atoms with Crippen LogP contribution in [0.5, 0.6) is 0 Å². The molecule has 1 heterocycles. The van der Waals surface area contributed by atoms with E-state index in [1.54, 1.807) is 4.68 Å². The summed E-state index contributed by atoms with van der Waals surface area (Å²) in [6.45, 7) is 1.98. The highest BCUT2D eigenvalue weighted by Gasteiger charge is 2.16. The number of hydrazine groups is 1. The van der Waals surface area contributed by atoms with Gasteiger partial charge in [0.15, 0.2) is 0 Å². The first-order valence-electron chi connectivity index (χ1n) is 5.81. The number of rotatable bonds is 4. The molecule has 0 aliphatic heterocycles. The van der Waals surface area contributed by atoms with Crippen LogP contribution in [0.2, 0.25) is 5.02 Å². The molecule has 0 saturated heterocycles. The smallest absolute Gasteiger partial charge is 0.0642 e. The second-order valence-electron chi connectivity index (χ2n) is 4.36. The predicted octanol–water partition coefficient (Wildman–Crippen LogP) is 2.13.